The summed E-state index contributed by atoms with van der Waals surface area (Å²) in [5.74, 6) is 0.576. The number of piperidine rings is 1. The van der Waals surface area contributed by atoms with E-state index in [-0.39, 0.29) is 0 Å². The molecule has 3 nitrogen and oxygen atoms in total. The number of hydrogen-bond acceptors (Lipinski definition) is 6. The van der Waals surface area contributed by atoms with Crippen LogP contribution in [0.25, 0.3) is 10.6 Å². The second-order valence-electron chi connectivity index (χ2n) is 8.39. The molecular weight excluding hydrogens is 500 g/mol. The Balaban J connectivity index is 0.000000588. The third kappa shape index (κ3) is 8.06. The molecule has 1 aliphatic heterocycles. The molecule has 0 bridgehead atoms. The summed E-state index contributed by atoms with van der Waals surface area (Å²) in [6.45, 7) is 11.4. The van der Waals surface area contributed by atoms with Crippen molar-refractivity contribution in [1.82, 2.24) is 4.98 Å². The summed E-state index contributed by atoms with van der Waals surface area (Å²) in [6, 6.07) is 16.5. The maximum Gasteiger partial charge on any atom is 0.123 e. The number of para-hydroxylation sites is 1. The van der Waals surface area contributed by atoms with Crippen molar-refractivity contribution in [2.24, 2.45) is 5.92 Å². The first-order valence-corrected chi connectivity index (χ1v) is 14.3. The van der Waals surface area contributed by atoms with Gasteiger partial charge in [0.2, 0.25) is 0 Å². The highest BCUT2D eigenvalue weighted by Crippen LogP contribution is 2.30. The molecule has 1 aromatic heterocycles. The largest absolute Gasteiger partial charge is 0.376 e. The number of hydrogen-bond donors (Lipinski definition) is 1. The van der Waals surface area contributed by atoms with Crippen LogP contribution < -0.4 is 4.90 Å². The van der Waals surface area contributed by atoms with Gasteiger partial charge in [0.1, 0.15) is 5.01 Å². The van der Waals surface area contributed by atoms with Gasteiger partial charge in [0.25, 0.3) is 0 Å². The molecule has 34 heavy (non-hydrogen) atoms. The number of thiol groups is 1. The van der Waals surface area contributed by atoms with Gasteiger partial charge in [-0.05, 0) is 62.6 Å². The molecule has 0 aliphatic carbocycles. The van der Waals surface area contributed by atoms with Crippen LogP contribution in [0.15, 0.2) is 59.3 Å². The van der Waals surface area contributed by atoms with Gasteiger partial charge in [-0.25, -0.2) is 4.98 Å². The standard InChI is InChI=1S/C24H27ClN2OS.C3H6S2/c1-17-6-3-4-8-22(17)27-13-5-7-19(14-27)15-28-16-23-18(2)26-24(29-23)20-9-11-21(25)12-10-20;1-3(4)5-2/h3-4,6,8-12,19H,5,7,13-16H2,1-2H3;4H,1H2,2H3. The number of halogens is 1. The zero-order chi connectivity index (χ0) is 24.5. The molecule has 0 saturated carbocycles. The van der Waals surface area contributed by atoms with Crippen LogP contribution in [-0.2, 0) is 11.3 Å². The van der Waals surface area contributed by atoms with Gasteiger partial charge in [0.15, 0.2) is 0 Å². The maximum atomic E-state index is 6.15. The predicted molar refractivity (Wildman–Crippen MR) is 155 cm³/mol. The summed E-state index contributed by atoms with van der Waals surface area (Å²) < 4.78 is 7.01. The minimum Gasteiger partial charge on any atom is -0.376 e. The number of rotatable bonds is 7. The van der Waals surface area contributed by atoms with Crippen molar-refractivity contribution in [3.05, 3.63) is 80.5 Å². The van der Waals surface area contributed by atoms with Gasteiger partial charge >= 0.3 is 0 Å². The first-order valence-electron chi connectivity index (χ1n) is 11.4. The van der Waals surface area contributed by atoms with Gasteiger partial charge in [0.05, 0.1) is 23.8 Å². The Bertz CT molecular complexity index is 1070. The number of aryl methyl sites for hydroxylation is 2. The molecule has 2 aromatic carbocycles. The van der Waals surface area contributed by atoms with Crippen molar-refractivity contribution >= 4 is 53.0 Å². The first-order chi connectivity index (χ1) is 16.4. The average molecular weight is 533 g/mol. The monoisotopic (exact) mass is 532 g/mol. The van der Waals surface area contributed by atoms with Crippen LogP contribution in [0.4, 0.5) is 5.69 Å². The van der Waals surface area contributed by atoms with Gasteiger partial charge in [-0.15, -0.1) is 35.7 Å². The summed E-state index contributed by atoms with van der Waals surface area (Å²) in [5, 5.41) is 1.78. The van der Waals surface area contributed by atoms with Crippen LogP contribution in [0.1, 0.15) is 29.0 Å². The smallest absolute Gasteiger partial charge is 0.123 e. The highest BCUT2D eigenvalue weighted by Gasteiger charge is 2.21. The molecule has 0 amide bonds. The zero-order valence-electron chi connectivity index (χ0n) is 20.1. The van der Waals surface area contributed by atoms with E-state index in [0.717, 1.165) is 45.2 Å². The number of benzene rings is 2. The molecule has 4 rings (SSSR count). The number of ether oxygens (including phenoxy) is 1. The van der Waals surface area contributed by atoms with E-state index in [1.807, 2.05) is 30.5 Å². The Hall–Kier alpha value is -1.44. The summed E-state index contributed by atoms with van der Waals surface area (Å²) in [5.41, 5.74) is 4.88. The molecule has 2 heterocycles. The van der Waals surface area contributed by atoms with Gasteiger partial charge in [0, 0.05) is 33.6 Å². The number of thiazole rings is 1. The Morgan fingerprint density at radius 1 is 1.24 bits per heavy atom. The molecule has 1 atom stereocenters. The lowest BCUT2D eigenvalue weighted by Gasteiger charge is -2.35. The van der Waals surface area contributed by atoms with Gasteiger partial charge < -0.3 is 9.64 Å². The van der Waals surface area contributed by atoms with E-state index in [1.54, 1.807) is 23.1 Å². The highest BCUT2D eigenvalue weighted by molar-refractivity contribution is 8.15. The first kappa shape index (κ1) is 27.2. The van der Waals surface area contributed by atoms with Crippen LogP contribution >= 0.6 is 47.3 Å². The second-order valence-corrected chi connectivity index (χ2v) is 11.7. The van der Waals surface area contributed by atoms with Crippen LogP contribution in [0, 0.1) is 19.8 Å². The van der Waals surface area contributed by atoms with E-state index < -0.39 is 0 Å². The molecule has 1 fully saturated rings. The Labute approximate surface area is 223 Å². The molecule has 7 heteroatoms. The molecular formula is C27H33ClN2OS3. The molecule has 0 radical (unpaired) electrons. The molecule has 1 aliphatic rings. The maximum absolute atomic E-state index is 6.15. The minimum atomic E-state index is 0.576. The number of aromatic nitrogens is 1. The van der Waals surface area contributed by atoms with Gasteiger partial charge in [-0.2, -0.15) is 0 Å². The highest BCUT2D eigenvalue weighted by atomic mass is 35.5. The van der Waals surface area contributed by atoms with E-state index in [1.165, 1.54) is 29.0 Å². The lowest BCUT2D eigenvalue weighted by Crippen LogP contribution is -2.37. The lowest BCUT2D eigenvalue weighted by atomic mass is 9.98. The van der Waals surface area contributed by atoms with Gasteiger partial charge in [-0.1, -0.05) is 48.5 Å². The zero-order valence-corrected chi connectivity index (χ0v) is 23.4. The van der Waals surface area contributed by atoms with E-state index in [9.17, 15) is 0 Å². The summed E-state index contributed by atoms with van der Waals surface area (Å²) in [4.78, 5) is 8.45. The number of nitrogens with zero attached hydrogens (tertiary/aromatic N) is 2. The predicted octanol–water partition coefficient (Wildman–Crippen LogP) is 8.26. The molecule has 1 unspecified atom stereocenters. The average Bonchev–Trinajstić information content (AvgIpc) is 3.20. The SMILES string of the molecule is C=C(S)SC.Cc1ccccc1N1CCCC(COCc2sc(-c3ccc(Cl)cc3)nc2C)C1. The van der Waals surface area contributed by atoms with Crippen molar-refractivity contribution in [3.8, 4) is 10.6 Å². The summed E-state index contributed by atoms with van der Waals surface area (Å²) in [7, 11) is 0. The fourth-order valence-corrected chi connectivity index (χ4v) is 5.07. The molecule has 1 saturated heterocycles. The van der Waals surface area contributed by atoms with Crippen molar-refractivity contribution in [2.45, 2.75) is 33.3 Å². The molecule has 0 spiro atoms. The van der Waals surface area contributed by atoms with Crippen LogP contribution in [-0.4, -0.2) is 30.9 Å². The molecule has 182 valence electrons. The number of thioether (sulfide) groups is 1. The second kappa shape index (κ2) is 13.6. The number of anilines is 1. The molecule has 3 aromatic rings. The van der Waals surface area contributed by atoms with Crippen LogP contribution in [0.5, 0.6) is 0 Å². The third-order valence-electron chi connectivity index (χ3n) is 5.78. The van der Waals surface area contributed by atoms with E-state index in [4.69, 9.17) is 21.3 Å². The van der Waals surface area contributed by atoms with Crippen molar-refractivity contribution in [2.75, 3.05) is 30.9 Å². The summed E-state index contributed by atoms with van der Waals surface area (Å²) in [6.07, 6.45) is 4.40. The quantitative estimate of drug-likeness (QED) is 0.309. The minimum absolute atomic E-state index is 0.576. The lowest BCUT2D eigenvalue weighted by molar-refractivity contribution is 0.0829. The van der Waals surface area contributed by atoms with E-state index >= 15 is 0 Å². The van der Waals surface area contributed by atoms with Gasteiger partial charge in [-0.3, -0.25) is 0 Å². The fraction of sp³-hybridized carbons (Fsp3) is 0.370. The van der Waals surface area contributed by atoms with Crippen molar-refractivity contribution in [1.29, 1.82) is 0 Å². The topological polar surface area (TPSA) is 25.4 Å². The van der Waals surface area contributed by atoms with Crippen molar-refractivity contribution < 1.29 is 4.74 Å². The van der Waals surface area contributed by atoms with Crippen LogP contribution in [0.2, 0.25) is 5.02 Å². The van der Waals surface area contributed by atoms with E-state index in [2.05, 4.69) is 62.2 Å². The Kier molecular flexibility index (Phi) is 10.9. The Morgan fingerprint density at radius 3 is 2.62 bits per heavy atom. The third-order valence-corrected chi connectivity index (χ3v) is 8.23. The summed E-state index contributed by atoms with van der Waals surface area (Å²) >= 11 is 13.1. The van der Waals surface area contributed by atoms with Crippen molar-refractivity contribution in [3.63, 3.8) is 0 Å². The van der Waals surface area contributed by atoms with E-state index in [0.29, 0.717) is 12.5 Å². The Morgan fingerprint density at radius 2 is 1.94 bits per heavy atom. The van der Waals surface area contributed by atoms with Crippen LogP contribution in [0.3, 0.4) is 0 Å². The normalized spacial score (nSPS) is 15.6. The molecule has 0 N–H and O–H groups in total. The fourth-order valence-electron chi connectivity index (χ4n) is 3.93.